The fourth-order valence-electron chi connectivity index (χ4n) is 4.44. The number of nitriles is 1. The molecule has 176 valence electrons. The lowest BCUT2D eigenvalue weighted by molar-refractivity contribution is -0.114. The standard InChI is InChI=1S/C24H27N7O2S/c1-15-16(2)31(19-8-4-5-9-19)23(21(15)12-25)28-22(33)13-34-24-29-26-14-30(24)20-10-6-7-18(11-20)27-17(3)32/h6-7,10-11,14,19H,4-5,8-9,13H2,1-3H3,(H,27,32)(H,28,33). The minimum absolute atomic E-state index is 0.114. The van der Waals surface area contributed by atoms with Crippen LogP contribution in [0.25, 0.3) is 5.69 Å². The van der Waals surface area contributed by atoms with Gasteiger partial charge in [0.15, 0.2) is 5.16 Å². The molecule has 2 aromatic heterocycles. The summed E-state index contributed by atoms with van der Waals surface area (Å²) < 4.78 is 3.90. The summed E-state index contributed by atoms with van der Waals surface area (Å²) in [6.45, 7) is 5.40. The normalized spacial score (nSPS) is 13.6. The number of nitrogens with zero attached hydrogens (tertiary/aromatic N) is 5. The summed E-state index contributed by atoms with van der Waals surface area (Å²) in [6, 6.07) is 9.89. The summed E-state index contributed by atoms with van der Waals surface area (Å²) in [5, 5.41) is 24.2. The van der Waals surface area contributed by atoms with Gasteiger partial charge in [0.05, 0.1) is 17.0 Å². The third-order valence-corrected chi connectivity index (χ3v) is 7.05. The van der Waals surface area contributed by atoms with Crippen LogP contribution in [0.4, 0.5) is 11.5 Å². The minimum atomic E-state index is -0.209. The summed E-state index contributed by atoms with van der Waals surface area (Å²) in [6.07, 6.45) is 5.99. The van der Waals surface area contributed by atoms with Crippen molar-refractivity contribution in [3.63, 3.8) is 0 Å². The third kappa shape index (κ3) is 4.84. The Morgan fingerprint density at radius 3 is 2.71 bits per heavy atom. The molecule has 1 aliphatic carbocycles. The van der Waals surface area contributed by atoms with E-state index in [9.17, 15) is 14.9 Å². The molecule has 0 aliphatic heterocycles. The van der Waals surface area contributed by atoms with Gasteiger partial charge in [-0.15, -0.1) is 10.2 Å². The first-order valence-corrected chi connectivity index (χ1v) is 12.2. The zero-order valence-electron chi connectivity index (χ0n) is 19.5. The lowest BCUT2D eigenvalue weighted by Crippen LogP contribution is -2.20. The van der Waals surface area contributed by atoms with Crippen LogP contribution < -0.4 is 10.6 Å². The first-order valence-electron chi connectivity index (χ1n) is 11.2. The van der Waals surface area contributed by atoms with Gasteiger partial charge in [0.2, 0.25) is 11.8 Å². The Hall–Kier alpha value is -3.58. The van der Waals surface area contributed by atoms with Crippen LogP contribution in [-0.4, -0.2) is 36.9 Å². The number of carbonyl (C=O) groups excluding carboxylic acids is 2. The predicted molar refractivity (Wildman–Crippen MR) is 131 cm³/mol. The van der Waals surface area contributed by atoms with Gasteiger partial charge in [0, 0.05) is 24.3 Å². The largest absolute Gasteiger partial charge is 0.327 e. The van der Waals surface area contributed by atoms with E-state index in [0.717, 1.165) is 42.6 Å². The molecule has 0 spiro atoms. The van der Waals surface area contributed by atoms with Crippen molar-refractivity contribution in [3.05, 3.63) is 47.4 Å². The number of hydrogen-bond donors (Lipinski definition) is 2. The average molecular weight is 478 g/mol. The molecule has 10 heteroatoms. The molecular formula is C24H27N7O2S. The zero-order chi connectivity index (χ0) is 24.2. The number of thioether (sulfide) groups is 1. The van der Waals surface area contributed by atoms with E-state index in [1.54, 1.807) is 17.0 Å². The van der Waals surface area contributed by atoms with E-state index in [2.05, 4.69) is 31.5 Å². The molecule has 0 unspecified atom stereocenters. The van der Waals surface area contributed by atoms with Gasteiger partial charge < -0.3 is 15.2 Å². The molecule has 3 aromatic rings. The summed E-state index contributed by atoms with van der Waals surface area (Å²) in [7, 11) is 0. The molecule has 1 aliphatic rings. The van der Waals surface area contributed by atoms with E-state index >= 15 is 0 Å². The molecule has 1 saturated carbocycles. The minimum Gasteiger partial charge on any atom is -0.327 e. The van der Waals surface area contributed by atoms with Crippen LogP contribution in [0, 0.1) is 25.2 Å². The summed E-state index contributed by atoms with van der Waals surface area (Å²) >= 11 is 1.26. The van der Waals surface area contributed by atoms with E-state index in [1.807, 2.05) is 32.0 Å². The molecule has 2 heterocycles. The van der Waals surface area contributed by atoms with Crippen LogP contribution in [0.1, 0.15) is 55.5 Å². The lowest BCUT2D eigenvalue weighted by atomic mass is 10.2. The number of hydrogen-bond acceptors (Lipinski definition) is 6. The van der Waals surface area contributed by atoms with Gasteiger partial charge >= 0.3 is 0 Å². The number of carbonyl (C=O) groups is 2. The van der Waals surface area contributed by atoms with E-state index in [-0.39, 0.29) is 17.6 Å². The molecule has 1 fully saturated rings. The highest BCUT2D eigenvalue weighted by Gasteiger charge is 2.26. The van der Waals surface area contributed by atoms with E-state index in [4.69, 9.17) is 0 Å². The highest BCUT2D eigenvalue weighted by atomic mass is 32.2. The fraction of sp³-hybridized carbons (Fsp3) is 0.375. The van der Waals surface area contributed by atoms with Crippen LogP contribution in [0.15, 0.2) is 35.7 Å². The topological polar surface area (TPSA) is 118 Å². The number of amides is 2. The highest BCUT2D eigenvalue weighted by Crippen LogP contribution is 2.37. The Kier molecular flexibility index (Phi) is 7.03. The number of nitrogens with one attached hydrogen (secondary N) is 2. The second-order valence-electron chi connectivity index (χ2n) is 8.41. The van der Waals surface area contributed by atoms with Crippen LogP contribution in [0.5, 0.6) is 0 Å². The number of benzene rings is 1. The monoisotopic (exact) mass is 477 g/mol. The quantitative estimate of drug-likeness (QED) is 0.488. The molecule has 1 aromatic carbocycles. The Morgan fingerprint density at radius 2 is 2.00 bits per heavy atom. The van der Waals surface area contributed by atoms with Gasteiger partial charge in [-0.25, -0.2) is 0 Å². The predicted octanol–water partition coefficient (Wildman–Crippen LogP) is 4.36. The van der Waals surface area contributed by atoms with Crippen LogP contribution in [-0.2, 0) is 9.59 Å². The Morgan fingerprint density at radius 1 is 1.24 bits per heavy atom. The van der Waals surface area contributed by atoms with Crippen LogP contribution in [0.3, 0.4) is 0 Å². The zero-order valence-corrected chi connectivity index (χ0v) is 20.3. The first-order chi connectivity index (χ1) is 16.4. The van der Waals surface area contributed by atoms with Gasteiger partial charge in [-0.1, -0.05) is 30.7 Å². The van der Waals surface area contributed by atoms with Crippen LogP contribution in [0.2, 0.25) is 0 Å². The van der Waals surface area contributed by atoms with Crippen molar-refractivity contribution in [2.75, 3.05) is 16.4 Å². The maximum atomic E-state index is 12.9. The Bertz CT molecular complexity index is 1260. The fourth-order valence-corrected chi connectivity index (χ4v) is 5.17. The average Bonchev–Trinajstić information content (AvgIpc) is 3.53. The van der Waals surface area contributed by atoms with Crippen molar-refractivity contribution >= 4 is 35.1 Å². The van der Waals surface area contributed by atoms with Crippen molar-refractivity contribution in [2.24, 2.45) is 0 Å². The molecule has 2 amide bonds. The first kappa shape index (κ1) is 23.6. The van der Waals surface area contributed by atoms with Gasteiger partial charge in [-0.2, -0.15) is 5.26 Å². The van der Waals surface area contributed by atoms with Crippen molar-refractivity contribution in [3.8, 4) is 11.8 Å². The maximum Gasteiger partial charge on any atom is 0.235 e. The van der Waals surface area contributed by atoms with Crippen molar-refractivity contribution < 1.29 is 9.59 Å². The molecule has 4 rings (SSSR count). The number of aromatic nitrogens is 4. The molecule has 0 radical (unpaired) electrons. The summed E-state index contributed by atoms with van der Waals surface area (Å²) in [5.41, 5.74) is 3.91. The molecule has 0 saturated heterocycles. The van der Waals surface area contributed by atoms with Gasteiger partial charge in [0.1, 0.15) is 18.2 Å². The highest BCUT2D eigenvalue weighted by molar-refractivity contribution is 7.99. The molecular weight excluding hydrogens is 450 g/mol. The maximum absolute atomic E-state index is 12.9. The molecule has 34 heavy (non-hydrogen) atoms. The van der Waals surface area contributed by atoms with Crippen molar-refractivity contribution in [2.45, 2.75) is 57.7 Å². The number of rotatable bonds is 7. The lowest BCUT2D eigenvalue weighted by Gasteiger charge is -2.19. The molecule has 2 N–H and O–H groups in total. The summed E-state index contributed by atoms with van der Waals surface area (Å²) in [4.78, 5) is 24.3. The number of anilines is 2. The van der Waals surface area contributed by atoms with Crippen molar-refractivity contribution in [1.82, 2.24) is 19.3 Å². The van der Waals surface area contributed by atoms with Gasteiger partial charge in [-0.3, -0.25) is 14.2 Å². The second-order valence-corrected chi connectivity index (χ2v) is 9.35. The van der Waals surface area contributed by atoms with Crippen LogP contribution >= 0.6 is 11.8 Å². The Balaban J connectivity index is 1.50. The van der Waals surface area contributed by atoms with Crippen molar-refractivity contribution in [1.29, 1.82) is 5.26 Å². The van der Waals surface area contributed by atoms with E-state index in [0.29, 0.717) is 28.3 Å². The SMILES string of the molecule is CC(=O)Nc1cccc(-n2cnnc2SCC(=O)Nc2c(C#N)c(C)c(C)n2C2CCCC2)c1. The molecule has 9 nitrogen and oxygen atoms in total. The molecule has 0 atom stereocenters. The van der Waals surface area contributed by atoms with Gasteiger partial charge in [-0.05, 0) is 50.5 Å². The third-order valence-electron chi connectivity index (χ3n) is 6.11. The smallest absolute Gasteiger partial charge is 0.235 e. The van der Waals surface area contributed by atoms with E-state index < -0.39 is 0 Å². The Labute approximate surface area is 202 Å². The molecule has 0 bridgehead atoms. The van der Waals surface area contributed by atoms with E-state index in [1.165, 1.54) is 18.7 Å². The summed E-state index contributed by atoms with van der Waals surface area (Å²) in [5.74, 6) is 0.346. The van der Waals surface area contributed by atoms with Gasteiger partial charge in [0.25, 0.3) is 0 Å². The second kappa shape index (κ2) is 10.1.